The molecular formula is C14H16FN3. The van der Waals surface area contributed by atoms with Gasteiger partial charge in [0, 0.05) is 18.8 Å². The first kappa shape index (κ1) is 12.5. The molecule has 0 aliphatic rings. The van der Waals surface area contributed by atoms with Crippen molar-refractivity contribution in [1.82, 2.24) is 4.98 Å². The van der Waals surface area contributed by atoms with Crippen LogP contribution in [0.2, 0.25) is 0 Å². The highest BCUT2D eigenvalue weighted by Crippen LogP contribution is 2.23. The first-order valence-electron chi connectivity index (χ1n) is 5.79. The Kier molecular flexibility index (Phi) is 3.58. The van der Waals surface area contributed by atoms with Crippen LogP contribution in [-0.2, 0) is 0 Å². The summed E-state index contributed by atoms with van der Waals surface area (Å²) in [6.45, 7) is 1.89. The Morgan fingerprint density at radius 3 is 2.22 bits per heavy atom. The molecule has 3 nitrogen and oxygen atoms in total. The number of nitrogens with two attached hydrogens (primary N) is 1. The zero-order valence-corrected chi connectivity index (χ0v) is 10.5. The van der Waals surface area contributed by atoms with Crippen LogP contribution in [0.3, 0.4) is 0 Å². The van der Waals surface area contributed by atoms with Crippen LogP contribution in [0.4, 0.5) is 15.8 Å². The fourth-order valence-corrected chi connectivity index (χ4v) is 1.68. The van der Waals surface area contributed by atoms with Gasteiger partial charge in [0.25, 0.3) is 0 Å². The van der Waals surface area contributed by atoms with Crippen molar-refractivity contribution in [2.45, 2.75) is 13.0 Å². The molecule has 94 valence electrons. The minimum atomic E-state index is -0.238. The van der Waals surface area contributed by atoms with Crippen molar-refractivity contribution in [3.63, 3.8) is 0 Å². The molecule has 0 saturated carbocycles. The molecule has 2 N–H and O–H groups in total. The molecule has 0 unspecified atom stereocenters. The molecule has 1 atom stereocenters. The van der Waals surface area contributed by atoms with Crippen molar-refractivity contribution in [2.75, 3.05) is 11.9 Å². The highest BCUT2D eigenvalue weighted by molar-refractivity contribution is 5.61. The van der Waals surface area contributed by atoms with E-state index in [1.54, 1.807) is 18.3 Å². The van der Waals surface area contributed by atoms with Gasteiger partial charge in [-0.2, -0.15) is 0 Å². The molecule has 0 saturated heterocycles. The molecule has 2 rings (SSSR count). The first-order valence-corrected chi connectivity index (χ1v) is 5.79. The normalized spacial score (nSPS) is 12.2. The standard InChI is InChI=1S/C14H16FN3/c1-10(16)14-8-7-13(9-17-14)18(2)12-5-3-11(15)4-6-12/h3-10H,16H2,1-2H3/t10-/m0/s1. The van der Waals surface area contributed by atoms with Gasteiger partial charge in [-0.15, -0.1) is 0 Å². The Morgan fingerprint density at radius 2 is 1.72 bits per heavy atom. The third kappa shape index (κ3) is 2.65. The van der Waals surface area contributed by atoms with Crippen molar-refractivity contribution in [3.05, 3.63) is 54.1 Å². The van der Waals surface area contributed by atoms with Crippen LogP contribution >= 0.6 is 0 Å². The smallest absolute Gasteiger partial charge is 0.123 e. The van der Waals surface area contributed by atoms with E-state index in [0.717, 1.165) is 17.1 Å². The van der Waals surface area contributed by atoms with E-state index in [4.69, 9.17) is 5.73 Å². The van der Waals surface area contributed by atoms with Crippen LogP contribution in [0.25, 0.3) is 0 Å². The molecule has 0 spiro atoms. The van der Waals surface area contributed by atoms with E-state index in [0.29, 0.717) is 0 Å². The largest absolute Gasteiger partial charge is 0.343 e. The summed E-state index contributed by atoms with van der Waals surface area (Å²) in [5.74, 6) is -0.238. The van der Waals surface area contributed by atoms with Crippen molar-refractivity contribution in [3.8, 4) is 0 Å². The van der Waals surface area contributed by atoms with Crippen molar-refractivity contribution < 1.29 is 4.39 Å². The highest BCUT2D eigenvalue weighted by Gasteiger charge is 2.06. The van der Waals surface area contributed by atoms with E-state index in [1.807, 2.05) is 31.0 Å². The molecular weight excluding hydrogens is 229 g/mol. The van der Waals surface area contributed by atoms with Gasteiger partial charge < -0.3 is 10.6 Å². The highest BCUT2D eigenvalue weighted by atomic mass is 19.1. The quantitative estimate of drug-likeness (QED) is 0.903. The van der Waals surface area contributed by atoms with E-state index < -0.39 is 0 Å². The molecule has 0 fully saturated rings. The lowest BCUT2D eigenvalue weighted by atomic mass is 10.2. The van der Waals surface area contributed by atoms with Crippen LogP contribution < -0.4 is 10.6 Å². The lowest BCUT2D eigenvalue weighted by molar-refractivity contribution is 0.628. The molecule has 0 bridgehead atoms. The maximum Gasteiger partial charge on any atom is 0.123 e. The van der Waals surface area contributed by atoms with Gasteiger partial charge in [0.1, 0.15) is 5.82 Å². The second kappa shape index (κ2) is 5.14. The van der Waals surface area contributed by atoms with Gasteiger partial charge in [0.05, 0.1) is 17.6 Å². The van der Waals surface area contributed by atoms with E-state index >= 15 is 0 Å². The van der Waals surface area contributed by atoms with Gasteiger partial charge in [0.15, 0.2) is 0 Å². The summed E-state index contributed by atoms with van der Waals surface area (Å²) in [5.41, 5.74) is 8.45. The van der Waals surface area contributed by atoms with Gasteiger partial charge >= 0.3 is 0 Å². The Bertz CT molecular complexity index is 506. The van der Waals surface area contributed by atoms with Crippen LogP contribution in [-0.4, -0.2) is 12.0 Å². The molecule has 1 aromatic carbocycles. The van der Waals surface area contributed by atoms with Crippen molar-refractivity contribution >= 4 is 11.4 Å². The predicted octanol–water partition coefficient (Wildman–Crippen LogP) is 3.01. The average Bonchev–Trinajstić information content (AvgIpc) is 2.39. The number of nitrogens with zero attached hydrogens (tertiary/aromatic N) is 2. The van der Waals surface area contributed by atoms with Crippen molar-refractivity contribution in [2.24, 2.45) is 5.73 Å². The Labute approximate surface area is 106 Å². The average molecular weight is 245 g/mol. The monoisotopic (exact) mass is 245 g/mol. The van der Waals surface area contributed by atoms with Crippen LogP contribution in [0, 0.1) is 5.82 Å². The minimum Gasteiger partial charge on any atom is -0.343 e. The Morgan fingerprint density at radius 1 is 1.11 bits per heavy atom. The third-order valence-corrected chi connectivity index (χ3v) is 2.84. The van der Waals surface area contributed by atoms with E-state index in [-0.39, 0.29) is 11.9 Å². The molecule has 2 aromatic rings. The SMILES string of the molecule is C[C@H](N)c1ccc(N(C)c2ccc(F)cc2)cn1. The van der Waals surface area contributed by atoms with E-state index in [9.17, 15) is 4.39 Å². The van der Waals surface area contributed by atoms with Gasteiger partial charge in [-0.1, -0.05) is 0 Å². The maximum atomic E-state index is 12.8. The van der Waals surface area contributed by atoms with Crippen molar-refractivity contribution in [1.29, 1.82) is 0 Å². The Hall–Kier alpha value is -1.94. The Balaban J connectivity index is 2.23. The van der Waals surface area contributed by atoms with Crippen LogP contribution in [0.15, 0.2) is 42.6 Å². The van der Waals surface area contributed by atoms with Crippen LogP contribution in [0.1, 0.15) is 18.7 Å². The zero-order valence-electron chi connectivity index (χ0n) is 10.5. The summed E-state index contributed by atoms with van der Waals surface area (Å²) in [4.78, 5) is 6.24. The lowest BCUT2D eigenvalue weighted by Gasteiger charge is -2.19. The second-order valence-corrected chi connectivity index (χ2v) is 4.27. The molecule has 0 amide bonds. The zero-order chi connectivity index (χ0) is 13.1. The van der Waals surface area contributed by atoms with E-state index in [1.165, 1.54) is 12.1 Å². The lowest BCUT2D eigenvalue weighted by Crippen LogP contribution is -2.11. The fourth-order valence-electron chi connectivity index (χ4n) is 1.68. The molecule has 4 heteroatoms. The minimum absolute atomic E-state index is 0.0739. The summed E-state index contributed by atoms with van der Waals surface area (Å²) in [6, 6.07) is 10.1. The first-order chi connectivity index (χ1) is 8.58. The molecule has 18 heavy (non-hydrogen) atoms. The third-order valence-electron chi connectivity index (χ3n) is 2.84. The van der Waals surface area contributed by atoms with Gasteiger partial charge in [0.2, 0.25) is 0 Å². The topological polar surface area (TPSA) is 42.1 Å². The number of benzene rings is 1. The van der Waals surface area contributed by atoms with E-state index in [2.05, 4.69) is 4.98 Å². The van der Waals surface area contributed by atoms with Gasteiger partial charge in [-0.25, -0.2) is 4.39 Å². The number of anilines is 2. The number of halogens is 1. The molecule has 0 radical (unpaired) electrons. The number of pyridine rings is 1. The summed E-state index contributed by atoms with van der Waals surface area (Å²) in [7, 11) is 1.91. The number of hydrogen-bond acceptors (Lipinski definition) is 3. The summed E-state index contributed by atoms with van der Waals surface area (Å²) < 4.78 is 12.8. The summed E-state index contributed by atoms with van der Waals surface area (Å²) >= 11 is 0. The summed E-state index contributed by atoms with van der Waals surface area (Å²) in [5, 5.41) is 0. The molecule has 1 heterocycles. The number of aromatic nitrogens is 1. The molecule has 0 aliphatic carbocycles. The molecule has 0 aliphatic heterocycles. The predicted molar refractivity (Wildman–Crippen MR) is 71.3 cm³/mol. The summed E-state index contributed by atoms with van der Waals surface area (Å²) in [6.07, 6.45) is 1.77. The number of hydrogen-bond donors (Lipinski definition) is 1. The van der Waals surface area contributed by atoms with Gasteiger partial charge in [-0.3, -0.25) is 4.98 Å². The molecule has 1 aromatic heterocycles. The van der Waals surface area contributed by atoms with Crippen LogP contribution in [0.5, 0.6) is 0 Å². The number of rotatable bonds is 3. The van der Waals surface area contributed by atoms with Gasteiger partial charge in [-0.05, 0) is 43.3 Å². The maximum absolute atomic E-state index is 12.8. The fraction of sp³-hybridized carbons (Fsp3) is 0.214. The second-order valence-electron chi connectivity index (χ2n) is 4.27.